The van der Waals surface area contributed by atoms with Crippen molar-refractivity contribution in [2.75, 3.05) is 27.3 Å². The van der Waals surface area contributed by atoms with Gasteiger partial charge in [-0.05, 0) is 59.5 Å². The first-order chi connectivity index (χ1) is 15.2. The molecule has 4 rings (SSSR count). The number of hydrogen-bond acceptors (Lipinski definition) is 4. The molecule has 0 amide bonds. The lowest BCUT2D eigenvalue weighted by Crippen LogP contribution is -2.46. The largest absolute Gasteiger partial charge is 0.497 e. The number of benzene rings is 3. The van der Waals surface area contributed by atoms with Crippen LogP contribution in [0.25, 0.3) is 0 Å². The van der Waals surface area contributed by atoms with E-state index in [1.165, 1.54) is 16.7 Å². The summed E-state index contributed by atoms with van der Waals surface area (Å²) in [5.74, 6) is 1.79. The minimum atomic E-state index is 0.228. The zero-order valence-electron chi connectivity index (χ0n) is 18.1. The zero-order valence-corrected chi connectivity index (χ0v) is 19.7. The van der Waals surface area contributed by atoms with Gasteiger partial charge in [-0.2, -0.15) is 0 Å². The maximum absolute atomic E-state index is 5.33. The lowest BCUT2D eigenvalue weighted by Gasteiger charge is -2.44. The summed E-state index contributed by atoms with van der Waals surface area (Å²) in [4.78, 5) is 5.16. The van der Waals surface area contributed by atoms with Crippen molar-refractivity contribution in [3.8, 4) is 11.5 Å². The van der Waals surface area contributed by atoms with Crippen molar-refractivity contribution in [2.45, 2.75) is 25.7 Å². The lowest BCUT2D eigenvalue weighted by atomic mass is 10.0. The van der Waals surface area contributed by atoms with Gasteiger partial charge in [0.25, 0.3) is 0 Å². The Hall–Kier alpha value is -2.34. The summed E-state index contributed by atoms with van der Waals surface area (Å²) in [6, 6.07) is 25.6. The van der Waals surface area contributed by atoms with Crippen LogP contribution in [0.3, 0.4) is 0 Å². The van der Waals surface area contributed by atoms with Crippen LogP contribution >= 0.6 is 15.9 Å². The first-order valence-corrected chi connectivity index (χ1v) is 11.4. The zero-order chi connectivity index (χ0) is 21.6. The molecule has 1 aliphatic heterocycles. The molecule has 1 fully saturated rings. The highest BCUT2D eigenvalue weighted by Crippen LogP contribution is 2.33. The number of halogens is 1. The summed E-state index contributed by atoms with van der Waals surface area (Å²) in [5, 5.41) is 0. The van der Waals surface area contributed by atoms with Gasteiger partial charge in [-0.1, -0.05) is 52.3 Å². The van der Waals surface area contributed by atoms with Crippen molar-refractivity contribution in [3.05, 3.63) is 94.0 Å². The third-order valence-corrected chi connectivity index (χ3v) is 6.37. The van der Waals surface area contributed by atoms with Gasteiger partial charge < -0.3 is 9.47 Å². The minimum absolute atomic E-state index is 0.228. The highest BCUT2D eigenvalue weighted by atomic mass is 79.9. The van der Waals surface area contributed by atoms with Crippen LogP contribution < -0.4 is 9.47 Å². The Morgan fingerprint density at radius 2 is 1.16 bits per heavy atom. The van der Waals surface area contributed by atoms with E-state index < -0.39 is 0 Å². The van der Waals surface area contributed by atoms with Gasteiger partial charge >= 0.3 is 0 Å². The second kappa shape index (κ2) is 10.3. The van der Waals surface area contributed by atoms with Crippen LogP contribution in [-0.2, 0) is 13.1 Å². The third kappa shape index (κ3) is 5.48. The van der Waals surface area contributed by atoms with Crippen LogP contribution in [0.5, 0.6) is 11.5 Å². The molecule has 4 nitrogen and oxygen atoms in total. The quantitative estimate of drug-likeness (QED) is 0.421. The smallest absolute Gasteiger partial charge is 0.118 e. The molecular formula is C26H29BrN2O2. The summed E-state index contributed by atoms with van der Waals surface area (Å²) in [7, 11) is 3.42. The molecule has 0 radical (unpaired) electrons. The Kier molecular flexibility index (Phi) is 7.28. The SMILES string of the molecule is COc1ccc(CN2CCCN(Cc3ccc(OC)cc3)C2c2ccc(Br)cc2)cc1. The Morgan fingerprint density at radius 3 is 1.58 bits per heavy atom. The van der Waals surface area contributed by atoms with E-state index >= 15 is 0 Å². The molecule has 0 unspecified atom stereocenters. The van der Waals surface area contributed by atoms with E-state index in [1.807, 2.05) is 24.3 Å². The van der Waals surface area contributed by atoms with Crippen molar-refractivity contribution in [1.29, 1.82) is 0 Å². The molecule has 0 saturated carbocycles. The molecule has 0 atom stereocenters. The van der Waals surface area contributed by atoms with E-state index in [4.69, 9.17) is 9.47 Å². The summed E-state index contributed by atoms with van der Waals surface area (Å²) < 4.78 is 11.8. The van der Waals surface area contributed by atoms with Crippen molar-refractivity contribution in [1.82, 2.24) is 9.80 Å². The Bertz CT molecular complexity index is 901. The highest BCUT2D eigenvalue weighted by Gasteiger charge is 2.30. The molecule has 162 valence electrons. The van der Waals surface area contributed by atoms with Gasteiger partial charge in [0, 0.05) is 30.7 Å². The highest BCUT2D eigenvalue weighted by molar-refractivity contribution is 9.10. The van der Waals surface area contributed by atoms with E-state index in [9.17, 15) is 0 Å². The molecule has 0 aromatic heterocycles. The average Bonchev–Trinajstić information content (AvgIpc) is 2.81. The van der Waals surface area contributed by atoms with E-state index in [1.54, 1.807) is 14.2 Å². The fraction of sp³-hybridized carbons (Fsp3) is 0.308. The Balaban J connectivity index is 1.59. The molecule has 3 aromatic carbocycles. The first-order valence-electron chi connectivity index (χ1n) is 10.7. The third-order valence-electron chi connectivity index (χ3n) is 5.84. The molecule has 0 aliphatic carbocycles. The molecule has 0 bridgehead atoms. The molecule has 3 aromatic rings. The predicted molar refractivity (Wildman–Crippen MR) is 128 cm³/mol. The Labute approximate surface area is 193 Å². The fourth-order valence-electron chi connectivity index (χ4n) is 4.27. The maximum atomic E-state index is 5.33. The predicted octanol–water partition coefficient (Wildman–Crippen LogP) is 5.87. The molecule has 1 heterocycles. The second-order valence-electron chi connectivity index (χ2n) is 7.92. The minimum Gasteiger partial charge on any atom is -0.497 e. The van der Waals surface area contributed by atoms with Gasteiger partial charge in [0.2, 0.25) is 0 Å². The lowest BCUT2D eigenvalue weighted by molar-refractivity contribution is -0.00910. The molecule has 31 heavy (non-hydrogen) atoms. The standard InChI is InChI=1S/C26H29BrN2O2/c1-30-24-12-4-20(5-13-24)18-28-16-3-17-29(19-21-6-14-25(31-2)15-7-21)26(28)22-8-10-23(27)11-9-22/h4-15,26H,3,16-19H2,1-2H3. The van der Waals surface area contributed by atoms with Crippen LogP contribution in [0.4, 0.5) is 0 Å². The van der Waals surface area contributed by atoms with Crippen molar-refractivity contribution in [2.24, 2.45) is 0 Å². The monoisotopic (exact) mass is 480 g/mol. The van der Waals surface area contributed by atoms with E-state index in [0.29, 0.717) is 0 Å². The van der Waals surface area contributed by atoms with Crippen LogP contribution in [0.2, 0.25) is 0 Å². The van der Waals surface area contributed by atoms with Crippen molar-refractivity contribution in [3.63, 3.8) is 0 Å². The summed E-state index contributed by atoms with van der Waals surface area (Å²) in [6.45, 7) is 3.96. The summed E-state index contributed by atoms with van der Waals surface area (Å²) >= 11 is 3.58. The van der Waals surface area contributed by atoms with Crippen LogP contribution in [0.1, 0.15) is 29.3 Å². The van der Waals surface area contributed by atoms with E-state index in [0.717, 1.165) is 48.6 Å². The van der Waals surface area contributed by atoms with Gasteiger partial charge in [-0.15, -0.1) is 0 Å². The van der Waals surface area contributed by atoms with Gasteiger partial charge in [0.05, 0.1) is 20.4 Å². The first kappa shape index (κ1) is 21.9. The van der Waals surface area contributed by atoms with Gasteiger partial charge in [-0.25, -0.2) is 0 Å². The average molecular weight is 481 g/mol. The molecule has 0 spiro atoms. The van der Waals surface area contributed by atoms with E-state index in [-0.39, 0.29) is 6.17 Å². The van der Waals surface area contributed by atoms with E-state index in [2.05, 4.69) is 74.3 Å². The Morgan fingerprint density at radius 1 is 0.710 bits per heavy atom. The fourth-order valence-corrected chi connectivity index (χ4v) is 4.54. The second-order valence-corrected chi connectivity index (χ2v) is 8.83. The molecule has 5 heteroatoms. The molecule has 0 N–H and O–H groups in total. The van der Waals surface area contributed by atoms with Gasteiger partial charge in [0.1, 0.15) is 11.5 Å². The summed E-state index contributed by atoms with van der Waals surface area (Å²) in [5.41, 5.74) is 3.92. The van der Waals surface area contributed by atoms with Gasteiger partial charge in [0.15, 0.2) is 0 Å². The van der Waals surface area contributed by atoms with Crippen molar-refractivity contribution >= 4 is 15.9 Å². The summed E-state index contributed by atoms with van der Waals surface area (Å²) in [6.07, 6.45) is 1.38. The topological polar surface area (TPSA) is 24.9 Å². The number of hydrogen-bond donors (Lipinski definition) is 0. The number of nitrogens with zero attached hydrogens (tertiary/aromatic N) is 2. The van der Waals surface area contributed by atoms with Crippen molar-refractivity contribution < 1.29 is 9.47 Å². The molecular weight excluding hydrogens is 452 g/mol. The molecule has 1 aliphatic rings. The van der Waals surface area contributed by atoms with Crippen LogP contribution in [0.15, 0.2) is 77.3 Å². The number of methoxy groups -OCH3 is 2. The number of ether oxygens (including phenoxy) is 2. The maximum Gasteiger partial charge on any atom is 0.118 e. The number of rotatable bonds is 7. The van der Waals surface area contributed by atoms with Gasteiger partial charge in [-0.3, -0.25) is 9.80 Å². The normalized spacial score (nSPS) is 15.7. The molecule has 1 saturated heterocycles. The van der Waals surface area contributed by atoms with Crippen LogP contribution in [-0.4, -0.2) is 37.1 Å². The van der Waals surface area contributed by atoms with Crippen LogP contribution in [0, 0.1) is 0 Å².